The van der Waals surface area contributed by atoms with Gasteiger partial charge in [-0.2, -0.15) is 10.2 Å². The zero-order chi connectivity index (χ0) is 25.9. The Morgan fingerprint density at radius 3 is 1.76 bits per heavy atom. The molecule has 6 aromatic carbocycles. The number of aromatic hydroxyl groups is 2. The minimum atomic E-state index is 0.00541. The molecule has 0 aliphatic carbocycles. The highest BCUT2D eigenvalue weighted by atomic mass is 16.3. The van der Waals surface area contributed by atoms with Gasteiger partial charge in [-0.15, -0.1) is 10.2 Å². The van der Waals surface area contributed by atoms with Crippen LogP contribution in [0.25, 0.3) is 32.7 Å². The number of phenols is 2. The molecule has 2 N–H and O–H groups in total. The first kappa shape index (κ1) is 23.1. The van der Waals surface area contributed by atoms with Crippen LogP contribution in [0.15, 0.2) is 142 Å². The second kappa shape index (κ2) is 9.95. The highest BCUT2D eigenvalue weighted by Gasteiger charge is 2.15. The third kappa shape index (κ3) is 4.47. The molecule has 0 aromatic heterocycles. The largest absolute Gasteiger partial charge is 0.506 e. The van der Waals surface area contributed by atoms with Crippen molar-refractivity contribution in [3.8, 4) is 22.6 Å². The Morgan fingerprint density at radius 2 is 1.03 bits per heavy atom. The van der Waals surface area contributed by atoms with Gasteiger partial charge in [-0.25, -0.2) is 0 Å². The summed E-state index contributed by atoms with van der Waals surface area (Å²) >= 11 is 0. The van der Waals surface area contributed by atoms with Gasteiger partial charge < -0.3 is 10.2 Å². The van der Waals surface area contributed by atoms with Gasteiger partial charge in [-0.05, 0) is 52.7 Å². The monoisotopic (exact) mass is 494 g/mol. The zero-order valence-corrected chi connectivity index (χ0v) is 20.2. The first-order valence-corrected chi connectivity index (χ1v) is 12.1. The summed E-state index contributed by atoms with van der Waals surface area (Å²) in [5.41, 5.74) is 3.58. The Balaban J connectivity index is 1.41. The molecule has 6 heteroatoms. The van der Waals surface area contributed by atoms with E-state index in [2.05, 4.69) is 20.5 Å². The van der Waals surface area contributed by atoms with Crippen molar-refractivity contribution in [2.45, 2.75) is 0 Å². The summed E-state index contributed by atoms with van der Waals surface area (Å²) in [7, 11) is 0. The maximum absolute atomic E-state index is 11.4. The number of hydrogen-bond acceptors (Lipinski definition) is 6. The minimum Gasteiger partial charge on any atom is -0.506 e. The normalized spacial score (nSPS) is 11.7. The average Bonchev–Trinajstić information content (AvgIpc) is 2.97. The molecule has 0 radical (unpaired) electrons. The van der Waals surface area contributed by atoms with Crippen LogP contribution in [0.1, 0.15) is 0 Å². The predicted molar refractivity (Wildman–Crippen MR) is 151 cm³/mol. The topological polar surface area (TPSA) is 89.9 Å². The van der Waals surface area contributed by atoms with Crippen LogP contribution in [0.2, 0.25) is 0 Å². The lowest BCUT2D eigenvalue weighted by Gasteiger charge is -2.11. The van der Waals surface area contributed by atoms with Gasteiger partial charge >= 0.3 is 0 Å². The van der Waals surface area contributed by atoms with Crippen LogP contribution in [-0.2, 0) is 0 Å². The molecule has 0 heterocycles. The quantitative estimate of drug-likeness (QED) is 0.233. The molecule has 0 unspecified atom stereocenters. The van der Waals surface area contributed by atoms with E-state index in [1.54, 1.807) is 6.07 Å². The Kier molecular flexibility index (Phi) is 6.04. The summed E-state index contributed by atoms with van der Waals surface area (Å²) in [4.78, 5) is 0. The van der Waals surface area contributed by atoms with Gasteiger partial charge in [-0.3, -0.25) is 0 Å². The van der Waals surface area contributed by atoms with Crippen molar-refractivity contribution >= 4 is 44.3 Å². The molecule has 0 saturated heterocycles. The number of fused-ring (bicyclic) bond motifs is 2. The smallest absolute Gasteiger partial charge is 0.151 e. The number of hydrogen-bond donors (Lipinski definition) is 2. The molecule has 0 aliphatic heterocycles. The minimum absolute atomic E-state index is 0.00541. The van der Waals surface area contributed by atoms with Crippen LogP contribution < -0.4 is 0 Å². The predicted octanol–water partition coefficient (Wildman–Crippen LogP) is 9.90. The number of benzene rings is 6. The molecule has 38 heavy (non-hydrogen) atoms. The van der Waals surface area contributed by atoms with Crippen LogP contribution in [0.3, 0.4) is 0 Å². The van der Waals surface area contributed by atoms with E-state index in [4.69, 9.17) is 0 Å². The zero-order valence-electron chi connectivity index (χ0n) is 20.2. The standard InChI is InChI=1S/C32H22N4O2/c37-29-19-16-21-8-4-6-12-26(21)30(29)35-36-31-27-13-7-5-9-23(27)20-28(32(31)38)22-14-17-25(18-15-22)34-33-24-10-2-1-3-11-24/h1-20,37-38H. The maximum atomic E-state index is 11.4. The highest BCUT2D eigenvalue weighted by Crippen LogP contribution is 2.45. The molecule has 182 valence electrons. The third-order valence-electron chi connectivity index (χ3n) is 6.34. The van der Waals surface area contributed by atoms with Crippen molar-refractivity contribution in [2.24, 2.45) is 20.5 Å². The Hall–Kier alpha value is -5.36. The molecule has 0 atom stereocenters. The van der Waals surface area contributed by atoms with Gasteiger partial charge in [0, 0.05) is 16.3 Å². The van der Waals surface area contributed by atoms with E-state index in [-0.39, 0.29) is 11.5 Å². The molecule has 0 saturated carbocycles. The van der Waals surface area contributed by atoms with E-state index >= 15 is 0 Å². The van der Waals surface area contributed by atoms with Crippen molar-refractivity contribution in [1.82, 2.24) is 0 Å². The van der Waals surface area contributed by atoms with Gasteiger partial charge in [0.1, 0.15) is 17.1 Å². The molecule has 0 bridgehead atoms. The molecular formula is C32H22N4O2. The van der Waals surface area contributed by atoms with Crippen molar-refractivity contribution < 1.29 is 10.2 Å². The van der Waals surface area contributed by atoms with Gasteiger partial charge in [0.25, 0.3) is 0 Å². The van der Waals surface area contributed by atoms with Gasteiger partial charge in [0.05, 0.1) is 11.4 Å². The number of nitrogens with zero attached hydrogens (tertiary/aromatic N) is 4. The molecule has 0 spiro atoms. The van der Waals surface area contributed by atoms with Crippen LogP contribution in [-0.4, -0.2) is 10.2 Å². The van der Waals surface area contributed by atoms with E-state index in [0.717, 1.165) is 32.8 Å². The fourth-order valence-electron chi connectivity index (χ4n) is 4.41. The Bertz CT molecular complexity index is 1830. The van der Waals surface area contributed by atoms with Gasteiger partial charge in [0.2, 0.25) is 0 Å². The van der Waals surface area contributed by atoms with E-state index in [9.17, 15) is 10.2 Å². The summed E-state index contributed by atoms with van der Waals surface area (Å²) in [5.74, 6) is 0.0264. The summed E-state index contributed by atoms with van der Waals surface area (Å²) in [6.45, 7) is 0. The first-order chi connectivity index (χ1) is 18.7. The lowest BCUT2D eigenvalue weighted by Crippen LogP contribution is -1.83. The van der Waals surface area contributed by atoms with E-state index in [0.29, 0.717) is 22.6 Å². The summed E-state index contributed by atoms with van der Waals surface area (Å²) < 4.78 is 0. The second-order valence-electron chi connectivity index (χ2n) is 8.78. The fraction of sp³-hybridized carbons (Fsp3) is 0. The number of azo groups is 2. The van der Waals surface area contributed by atoms with Crippen molar-refractivity contribution in [3.63, 3.8) is 0 Å². The van der Waals surface area contributed by atoms with Crippen molar-refractivity contribution in [3.05, 3.63) is 121 Å². The molecule has 0 fully saturated rings. The van der Waals surface area contributed by atoms with Crippen LogP contribution >= 0.6 is 0 Å². The molecular weight excluding hydrogens is 472 g/mol. The van der Waals surface area contributed by atoms with Crippen LogP contribution in [0, 0.1) is 0 Å². The summed E-state index contributed by atoms with van der Waals surface area (Å²) in [6, 6.07) is 37.7. The van der Waals surface area contributed by atoms with Crippen LogP contribution in [0.5, 0.6) is 11.5 Å². The lowest BCUT2D eigenvalue weighted by molar-refractivity contribution is 0.475. The second-order valence-corrected chi connectivity index (χ2v) is 8.78. The van der Waals surface area contributed by atoms with Crippen molar-refractivity contribution in [1.29, 1.82) is 0 Å². The van der Waals surface area contributed by atoms with Crippen molar-refractivity contribution in [2.75, 3.05) is 0 Å². The van der Waals surface area contributed by atoms with E-state index in [1.807, 2.05) is 115 Å². The average molecular weight is 495 g/mol. The lowest BCUT2D eigenvalue weighted by atomic mass is 9.98. The van der Waals surface area contributed by atoms with E-state index < -0.39 is 0 Å². The Morgan fingerprint density at radius 1 is 0.447 bits per heavy atom. The number of rotatable bonds is 5. The van der Waals surface area contributed by atoms with Gasteiger partial charge in [0.15, 0.2) is 5.75 Å². The maximum Gasteiger partial charge on any atom is 0.151 e. The summed E-state index contributed by atoms with van der Waals surface area (Å²) in [6.07, 6.45) is 0. The SMILES string of the molecule is Oc1ccc2ccccc2c1N=Nc1c(O)c(-c2ccc(N=Nc3ccccc3)cc2)cc2ccccc12. The molecule has 0 amide bonds. The molecule has 6 nitrogen and oxygen atoms in total. The first-order valence-electron chi connectivity index (χ1n) is 12.1. The Labute approximate surface area is 218 Å². The highest BCUT2D eigenvalue weighted by molar-refractivity contribution is 6.01. The van der Waals surface area contributed by atoms with E-state index in [1.165, 1.54) is 0 Å². The van der Waals surface area contributed by atoms with Gasteiger partial charge in [-0.1, -0.05) is 84.9 Å². The molecule has 0 aliphatic rings. The summed E-state index contributed by atoms with van der Waals surface area (Å²) in [5, 5.41) is 42.7. The fourth-order valence-corrected chi connectivity index (χ4v) is 4.41. The third-order valence-corrected chi connectivity index (χ3v) is 6.34. The number of phenolic OH excluding ortho intramolecular Hbond substituents is 2. The molecule has 6 aromatic rings. The van der Waals surface area contributed by atoms with Crippen LogP contribution in [0.4, 0.5) is 22.7 Å². The molecule has 6 rings (SSSR count).